The Hall–Kier alpha value is -1.91. The first-order chi connectivity index (χ1) is 13.1. The molecule has 2 heterocycles. The van der Waals surface area contributed by atoms with Gasteiger partial charge in [0.15, 0.2) is 0 Å². The van der Waals surface area contributed by atoms with Crippen LogP contribution in [-0.2, 0) is 9.59 Å². The fraction of sp³-hybridized carbons (Fsp3) is 0.682. The zero-order valence-corrected chi connectivity index (χ0v) is 16.3. The zero-order valence-electron chi connectivity index (χ0n) is 16.3. The van der Waals surface area contributed by atoms with Crippen molar-refractivity contribution in [2.24, 2.45) is 17.8 Å². The highest BCUT2D eigenvalue weighted by Gasteiger charge is 2.37. The number of likely N-dealkylation sites (tertiary alicyclic amines) is 1. The molecule has 0 unspecified atom stereocenters. The maximum Gasteiger partial charge on any atom is 0.225 e. The van der Waals surface area contributed by atoms with E-state index in [1.807, 2.05) is 17.2 Å². The number of hydrogen-bond donors (Lipinski definition) is 1. The van der Waals surface area contributed by atoms with Crippen LogP contribution in [0.25, 0.3) is 0 Å². The van der Waals surface area contributed by atoms with Crippen molar-refractivity contribution in [3.63, 3.8) is 0 Å². The summed E-state index contributed by atoms with van der Waals surface area (Å²) in [6, 6.07) is 4.12. The van der Waals surface area contributed by atoms with Gasteiger partial charge in [-0.25, -0.2) is 0 Å². The molecule has 0 aromatic carbocycles. The molecule has 1 saturated heterocycles. The first-order valence-corrected chi connectivity index (χ1v) is 10.6. The average molecular weight is 370 g/mol. The molecule has 1 atom stereocenters. The maximum atomic E-state index is 12.9. The second-order valence-electron chi connectivity index (χ2n) is 8.66. The second kappa shape index (κ2) is 7.99. The van der Waals surface area contributed by atoms with Crippen molar-refractivity contribution in [1.82, 2.24) is 15.2 Å². The van der Waals surface area contributed by atoms with Crippen LogP contribution in [-0.4, -0.2) is 34.8 Å². The van der Waals surface area contributed by atoms with Crippen LogP contribution in [0.15, 0.2) is 18.3 Å². The minimum Gasteiger partial charge on any atom is -0.347 e. The molecule has 2 amide bonds. The van der Waals surface area contributed by atoms with Crippen molar-refractivity contribution < 1.29 is 9.59 Å². The quantitative estimate of drug-likeness (QED) is 0.865. The molecule has 1 N–H and O–H groups in total. The summed E-state index contributed by atoms with van der Waals surface area (Å²) >= 11 is 0. The lowest BCUT2D eigenvalue weighted by Gasteiger charge is -2.33. The van der Waals surface area contributed by atoms with Crippen LogP contribution in [0.1, 0.15) is 68.7 Å². The van der Waals surface area contributed by atoms with Gasteiger partial charge in [0.25, 0.3) is 0 Å². The third-order valence-electron chi connectivity index (χ3n) is 6.53. The van der Waals surface area contributed by atoms with E-state index in [0.717, 1.165) is 57.3 Å². The van der Waals surface area contributed by atoms with Gasteiger partial charge in [0.2, 0.25) is 11.8 Å². The zero-order chi connectivity index (χ0) is 18.8. The van der Waals surface area contributed by atoms with E-state index < -0.39 is 0 Å². The molecule has 5 heteroatoms. The van der Waals surface area contributed by atoms with Gasteiger partial charge < -0.3 is 10.2 Å². The Bertz CT molecular complexity index is 687. The van der Waals surface area contributed by atoms with Crippen LogP contribution in [0.5, 0.6) is 0 Å². The molecule has 2 aliphatic carbocycles. The fourth-order valence-corrected chi connectivity index (χ4v) is 4.66. The molecule has 4 rings (SSSR count). The number of piperidine rings is 1. The molecule has 0 bridgehead atoms. The van der Waals surface area contributed by atoms with Crippen molar-refractivity contribution in [1.29, 1.82) is 0 Å². The van der Waals surface area contributed by atoms with Crippen LogP contribution in [0.3, 0.4) is 0 Å². The van der Waals surface area contributed by atoms with Crippen LogP contribution >= 0.6 is 0 Å². The Morgan fingerprint density at radius 1 is 1.07 bits per heavy atom. The van der Waals surface area contributed by atoms with Crippen LogP contribution in [0.2, 0.25) is 0 Å². The molecular formula is C22H31N3O2. The number of carbonyl (C=O) groups excluding carboxylic acids is 2. The van der Waals surface area contributed by atoms with E-state index in [2.05, 4.69) is 23.3 Å². The van der Waals surface area contributed by atoms with Gasteiger partial charge in [0, 0.05) is 31.1 Å². The summed E-state index contributed by atoms with van der Waals surface area (Å²) in [5.41, 5.74) is 2.17. The molecule has 0 spiro atoms. The molecule has 27 heavy (non-hydrogen) atoms. The van der Waals surface area contributed by atoms with Gasteiger partial charge in [-0.05, 0) is 69.1 Å². The summed E-state index contributed by atoms with van der Waals surface area (Å²) in [6.07, 6.45) is 10.2. The minimum atomic E-state index is 0.0173. The molecule has 2 saturated carbocycles. The summed E-state index contributed by atoms with van der Waals surface area (Å²) < 4.78 is 0. The number of hydrogen-bond acceptors (Lipinski definition) is 3. The van der Waals surface area contributed by atoms with E-state index in [-0.39, 0.29) is 23.8 Å². The Morgan fingerprint density at radius 2 is 1.78 bits per heavy atom. The molecule has 3 fully saturated rings. The van der Waals surface area contributed by atoms with E-state index in [4.69, 9.17) is 0 Å². The Kier molecular flexibility index (Phi) is 5.46. The van der Waals surface area contributed by atoms with Crippen LogP contribution < -0.4 is 5.32 Å². The largest absolute Gasteiger partial charge is 0.347 e. The molecular weight excluding hydrogens is 338 g/mol. The monoisotopic (exact) mass is 369 g/mol. The first kappa shape index (κ1) is 18.5. The third-order valence-corrected chi connectivity index (χ3v) is 6.53. The minimum absolute atomic E-state index is 0.0173. The molecule has 3 aliphatic rings. The van der Waals surface area contributed by atoms with Gasteiger partial charge in [-0.15, -0.1) is 0 Å². The van der Waals surface area contributed by atoms with Crippen molar-refractivity contribution in [3.05, 3.63) is 29.6 Å². The van der Waals surface area contributed by atoms with Gasteiger partial charge in [-0.3, -0.25) is 14.6 Å². The van der Waals surface area contributed by atoms with E-state index in [9.17, 15) is 9.59 Å². The molecule has 1 aromatic rings. The average Bonchev–Trinajstić information content (AvgIpc) is 3.38. The van der Waals surface area contributed by atoms with E-state index in [1.54, 1.807) is 0 Å². The van der Waals surface area contributed by atoms with Crippen molar-refractivity contribution in [2.45, 2.75) is 64.3 Å². The smallest absolute Gasteiger partial charge is 0.225 e. The summed E-state index contributed by atoms with van der Waals surface area (Å²) in [7, 11) is 0. The van der Waals surface area contributed by atoms with Gasteiger partial charge in [0.05, 0.1) is 11.7 Å². The summed E-state index contributed by atoms with van der Waals surface area (Å²) in [6.45, 7) is 3.52. The second-order valence-corrected chi connectivity index (χ2v) is 8.66. The number of nitrogens with zero attached hydrogens (tertiary/aromatic N) is 2. The standard InChI is InChI=1S/C22H31N3O2/c1-15-8-11-23-19(14-15)20(16-6-7-16)24-21(26)17-9-12-25(13-10-17)22(27)18-4-2-3-5-18/h8,11,14,16-18,20H,2-7,9-10,12-13H2,1H3,(H,24,26)/t20-/m1/s1. The molecule has 1 aliphatic heterocycles. The number of amides is 2. The highest BCUT2D eigenvalue weighted by molar-refractivity contribution is 5.81. The third kappa shape index (κ3) is 4.33. The summed E-state index contributed by atoms with van der Waals surface area (Å²) in [5.74, 6) is 1.24. The van der Waals surface area contributed by atoms with E-state index >= 15 is 0 Å². The Labute approximate surface area is 161 Å². The fourth-order valence-electron chi connectivity index (χ4n) is 4.66. The Morgan fingerprint density at radius 3 is 2.41 bits per heavy atom. The highest BCUT2D eigenvalue weighted by Crippen LogP contribution is 2.41. The van der Waals surface area contributed by atoms with Gasteiger partial charge >= 0.3 is 0 Å². The predicted octanol–water partition coefficient (Wildman–Crippen LogP) is 3.39. The normalized spacial score (nSPS) is 22.6. The molecule has 0 radical (unpaired) electrons. The van der Waals surface area contributed by atoms with Gasteiger partial charge in [-0.2, -0.15) is 0 Å². The number of carbonyl (C=O) groups is 2. The Balaban J connectivity index is 1.32. The van der Waals surface area contributed by atoms with Gasteiger partial charge in [-0.1, -0.05) is 12.8 Å². The number of aryl methyl sites for hydroxylation is 1. The van der Waals surface area contributed by atoms with Crippen molar-refractivity contribution in [3.8, 4) is 0 Å². The number of pyridine rings is 1. The summed E-state index contributed by atoms with van der Waals surface area (Å²) in [4.78, 5) is 32.0. The number of nitrogens with one attached hydrogen (secondary N) is 1. The first-order valence-electron chi connectivity index (χ1n) is 10.6. The van der Waals surface area contributed by atoms with Crippen LogP contribution in [0, 0.1) is 24.7 Å². The van der Waals surface area contributed by atoms with E-state index in [1.165, 1.54) is 18.4 Å². The maximum absolute atomic E-state index is 12.9. The lowest BCUT2D eigenvalue weighted by molar-refractivity contribution is -0.139. The van der Waals surface area contributed by atoms with Crippen molar-refractivity contribution in [2.75, 3.05) is 13.1 Å². The topological polar surface area (TPSA) is 62.3 Å². The van der Waals surface area contributed by atoms with Crippen LogP contribution in [0.4, 0.5) is 0 Å². The molecule has 1 aromatic heterocycles. The summed E-state index contributed by atoms with van der Waals surface area (Å²) in [5, 5.41) is 3.29. The SMILES string of the molecule is Cc1ccnc([C@H](NC(=O)C2CCN(C(=O)C3CCCC3)CC2)C2CC2)c1. The molecule has 146 valence electrons. The number of rotatable bonds is 5. The lowest BCUT2D eigenvalue weighted by Crippen LogP contribution is -2.45. The lowest BCUT2D eigenvalue weighted by atomic mass is 9.93. The molecule has 5 nitrogen and oxygen atoms in total. The highest BCUT2D eigenvalue weighted by atomic mass is 16.2. The predicted molar refractivity (Wildman–Crippen MR) is 104 cm³/mol. The van der Waals surface area contributed by atoms with Crippen molar-refractivity contribution >= 4 is 11.8 Å². The number of aromatic nitrogens is 1. The van der Waals surface area contributed by atoms with Gasteiger partial charge in [0.1, 0.15) is 0 Å². The van der Waals surface area contributed by atoms with E-state index in [0.29, 0.717) is 11.8 Å².